The third-order valence-electron chi connectivity index (χ3n) is 4.33. The minimum absolute atomic E-state index is 0.133. The fourth-order valence-corrected chi connectivity index (χ4v) is 2.65. The summed E-state index contributed by atoms with van der Waals surface area (Å²) >= 11 is 0. The number of hydrogen-bond donors (Lipinski definition) is 1. The van der Waals surface area contributed by atoms with Crippen molar-refractivity contribution in [3.63, 3.8) is 0 Å². The zero-order chi connectivity index (χ0) is 20.4. The average Bonchev–Trinajstić information content (AvgIpc) is 2.74. The maximum Gasteiger partial charge on any atom is 0.261 e. The molecule has 2 rings (SSSR count). The summed E-state index contributed by atoms with van der Waals surface area (Å²) < 4.78 is 10.8. The number of amides is 2. The van der Waals surface area contributed by atoms with E-state index in [1.54, 1.807) is 26.2 Å². The number of carbonyl (C=O) groups excluding carboxylic acids is 2. The van der Waals surface area contributed by atoms with Crippen molar-refractivity contribution in [2.75, 3.05) is 20.3 Å². The minimum Gasteiger partial charge on any atom is -0.497 e. The Hall–Kier alpha value is -3.02. The smallest absolute Gasteiger partial charge is 0.261 e. The van der Waals surface area contributed by atoms with E-state index in [0.717, 1.165) is 17.7 Å². The van der Waals surface area contributed by atoms with Crippen LogP contribution in [-0.2, 0) is 16.1 Å². The minimum atomic E-state index is -0.611. The van der Waals surface area contributed by atoms with E-state index >= 15 is 0 Å². The Morgan fingerprint density at radius 1 is 1.04 bits per heavy atom. The number of nitrogens with one attached hydrogen (secondary N) is 1. The second-order valence-electron chi connectivity index (χ2n) is 6.44. The summed E-state index contributed by atoms with van der Waals surface area (Å²) in [7, 11) is 1.60. The fraction of sp³-hybridized carbons (Fsp3) is 0.364. The molecule has 0 heterocycles. The van der Waals surface area contributed by atoms with Gasteiger partial charge in [-0.15, -0.1) is 0 Å². The lowest BCUT2D eigenvalue weighted by Gasteiger charge is -2.28. The van der Waals surface area contributed by atoms with Crippen LogP contribution in [0.15, 0.2) is 54.6 Å². The van der Waals surface area contributed by atoms with Crippen molar-refractivity contribution in [2.45, 2.75) is 32.9 Å². The van der Waals surface area contributed by atoms with E-state index in [4.69, 9.17) is 9.47 Å². The molecule has 2 aromatic rings. The third kappa shape index (κ3) is 6.30. The highest BCUT2D eigenvalue weighted by molar-refractivity contribution is 5.87. The van der Waals surface area contributed by atoms with E-state index in [1.165, 1.54) is 4.90 Å². The van der Waals surface area contributed by atoms with Crippen molar-refractivity contribution >= 4 is 11.8 Å². The number of hydrogen-bond acceptors (Lipinski definition) is 4. The summed E-state index contributed by atoms with van der Waals surface area (Å²) in [6.07, 6.45) is 0.835. The number of benzene rings is 2. The highest BCUT2D eigenvalue weighted by Crippen LogP contribution is 2.16. The van der Waals surface area contributed by atoms with Crippen LogP contribution in [0.4, 0.5) is 0 Å². The van der Waals surface area contributed by atoms with Crippen LogP contribution in [0.5, 0.6) is 11.5 Å². The van der Waals surface area contributed by atoms with Crippen molar-refractivity contribution in [1.29, 1.82) is 0 Å². The van der Waals surface area contributed by atoms with Gasteiger partial charge >= 0.3 is 0 Å². The number of carbonyl (C=O) groups is 2. The van der Waals surface area contributed by atoms with Gasteiger partial charge in [-0.1, -0.05) is 37.3 Å². The second kappa shape index (κ2) is 11.0. The molecule has 6 nitrogen and oxygen atoms in total. The van der Waals surface area contributed by atoms with Gasteiger partial charge in [0.05, 0.1) is 7.11 Å². The van der Waals surface area contributed by atoms with Gasteiger partial charge in [0, 0.05) is 13.1 Å². The van der Waals surface area contributed by atoms with Crippen LogP contribution in [0, 0.1) is 0 Å². The molecule has 28 heavy (non-hydrogen) atoms. The Balaban J connectivity index is 2.11. The number of para-hydroxylation sites is 1. The van der Waals surface area contributed by atoms with E-state index in [1.807, 2.05) is 49.4 Å². The van der Waals surface area contributed by atoms with E-state index in [0.29, 0.717) is 18.8 Å². The van der Waals surface area contributed by atoms with Gasteiger partial charge in [0.15, 0.2) is 6.61 Å². The molecular formula is C22H28N2O4. The molecule has 2 aromatic carbocycles. The Morgan fingerprint density at radius 3 is 2.32 bits per heavy atom. The maximum atomic E-state index is 12.9. The van der Waals surface area contributed by atoms with E-state index in [-0.39, 0.29) is 18.4 Å². The molecule has 0 aromatic heterocycles. The van der Waals surface area contributed by atoms with Crippen molar-refractivity contribution in [3.8, 4) is 11.5 Å². The molecule has 0 aliphatic carbocycles. The predicted molar refractivity (Wildman–Crippen MR) is 108 cm³/mol. The molecule has 0 aliphatic heterocycles. The van der Waals surface area contributed by atoms with Gasteiger partial charge in [-0.25, -0.2) is 0 Å². The van der Waals surface area contributed by atoms with Crippen molar-refractivity contribution < 1.29 is 19.1 Å². The van der Waals surface area contributed by atoms with Crippen LogP contribution in [0.1, 0.15) is 25.8 Å². The van der Waals surface area contributed by atoms with Crippen molar-refractivity contribution in [2.24, 2.45) is 0 Å². The Bertz CT molecular complexity index is 747. The standard InChI is InChI=1S/C22H28N2O4/c1-4-14-23-22(26)17(2)24(15-18-10-12-19(27-3)13-11-18)21(25)16-28-20-8-6-5-7-9-20/h5-13,17H,4,14-16H2,1-3H3,(H,23,26). The van der Waals surface area contributed by atoms with Crippen molar-refractivity contribution in [3.05, 3.63) is 60.2 Å². The Kier molecular flexibility index (Phi) is 8.34. The Labute approximate surface area is 166 Å². The molecule has 0 fully saturated rings. The van der Waals surface area contributed by atoms with Crippen LogP contribution < -0.4 is 14.8 Å². The van der Waals surface area contributed by atoms with Gasteiger partial charge in [0.1, 0.15) is 17.5 Å². The van der Waals surface area contributed by atoms with E-state index < -0.39 is 6.04 Å². The molecule has 2 amide bonds. The molecule has 1 unspecified atom stereocenters. The first kappa shape index (κ1) is 21.3. The van der Waals surface area contributed by atoms with Gasteiger partial charge in [-0.05, 0) is 43.2 Å². The van der Waals surface area contributed by atoms with Crippen LogP contribution in [0.3, 0.4) is 0 Å². The highest BCUT2D eigenvalue weighted by atomic mass is 16.5. The molecule has 0 aliphatic rings. The van der Waals surface area contributed by atoms with Crippen LogP contribution in [-0.4, -0.2) is 43.0 Å². The summed E-state index contributed by atoms with van der Waals surface area (Å²) in [6.45, 7) is 4.47. The summed E-state index contributed by atoms with van der Waals surface area (Å²) in [4.78, 5) is 26.8. The van der Waals surface area contributed by atoms with Gasteiger partial charge in [0.25, 0.3) is 5.91 Å². The van der Waals surface area contributed by atoms with E-state index in [2.05, 4.69) is 5.32 Å². The molecular weight excluding hydrogens is 356 g/mol. The van der Waals surface area contributed by atoms with Gasteiger partial charge in [-0.3, -0.25) is 9.59 Å². The normalized spacial score (nSPS) is 11.4. The number of rotatable bonds is 10. The summed E-state index contributed by atoms with van der Waals surface area (Å²) in [5, 5.41) is 2.85. The first-order chi connectivity index (χ1) is 13.5. The lowest BCUT2D eigenvalue weighted by atomic mass is 10.1. The first-order valence-corrected chi connectivity index (χ1v) is 9.43. The summed E-state index contributed by atoms with van der Waals surface area (Å²) in [5.41, 5.74) is 0.906. The predicted octanol–water partition coefficient (Wildman–Crippen LogP) is 3.02. The van der Waals surface area contributed by atoms with Gasteiger partial charge in [0.2, 0.25) is 5.91 Å². The second-order valence-corrected chi connectivity index (χ2v) is 6.44. The van der Waals surface area contributed by atoms with Crippen LogP contribution in [0.2, 0.25) is 0 Å². The number of ether oxygens (including phenoxy) is 2. The molecule has 1 atom stereocenters. The van der Waals surface area contributed by atoms with Crippen LogP contribution in [0.25, 0.3) is 0 Å². The number of nitrogens with zero attached hydrogens (tertiary/aromatic N) is 1. The molecule has 150 valence electrons. The lowest BCUT2D eigenvalue weighted by Crippen LogP contribution is -2.49. The highest BCUT2D eigenvalue weighted by Gasteiger charge is 2.26. The third-order valence-corrected chi connectivity index (χ3v) is 4.33. The molecule has 1 N–H and O–H groups in total. The van der Waals surface area contributed by atoms with Crippen LogP contribution >= 0.6 is 0 Å². The van der Waals surface area contributed by atoms with Gasteiger partial charge in [-0.2, -0.15) is 0 Å². The zero-order valence-corrected chi connectivity index (χ0v) is 16.7. The SMILES string of the molecule is CCCNC(=O)C(C)N(Cc1ccc(OC)cc1)C(=O)COc1ccccc1. The Morgan fingerprint density at radius 2 is 1.71 bits per heavy atom. The lowest BCUT2D eigenvalue weighted by molar-refractivity contribution is -0.142. The topological polar surface area (TPSA) is 67.9 Å². The van der Waals surface area contributed by atoms with Gasteiger partial charge < -0.3 is 19.7 Å². The summed E-state index contributed by atoms with van der Waals surface area (Å²) in [5.74, 6) is 0.924. The molecule has 0 saturated carbocycles. The zero-order valence-electron chi connectivity index (χ0n) is 16.7. The molecule has 0 radical (unpaired) electrons. The van der Waals surface area contributed by atoms with Crippen molar-refractivity contribution in [1.82, 2.24) is 10.2 Å². The summed E-state index contributed by atoms with van der Waals surface area (Å²) in [6, 6.07) is 16.0. The average molecular weight is 384 g/mol. The molecule has 0 bridgehead atoms. The first-order valence-electron chi connectivity index (χ1n) is 9.43. The molecule has 0 spiro atoms. The van der Waals surface area contributed by atoms with E-state index in [9.17, 15) is 9.59 Å². The molecule has 6 heteroatoms. The monoisotopic (exact) mass is 384 g/mol. The fourth-order valence-electron chi connectivity index (χ4n) is 2.65. The molecule has 0 saturated heterocycles. The maximum absolute atomic E-state index is 12.9. The quantitative estimate of drug-likeness (QED) is 0.684. The number of methoxy groups -OCH3 is 1. The largest absolute Gasteiger partial charge is 0.497 e.